The van der Waals surface area contributed by atoms with Crippen molar-refractivity contribution in [2.45, 2.75) is 69.5 Å². The molecule has 0 aromatic heterocycles. The number of carbonyl (C=O) groups excluding carboxylic acids is 3. The Morgan fingerprint density at radius 3 is 2.58 bits per heavy atom. The van der Waals surface area contributed by atoms with Gasteiger partial charge in [0, 0.05) is 19.3 Å². The van der Waals surface area contributed by atoms with Gasteiger partial charge in [-0.25, -0.2) is 4.79 Å². The van der Waals surface area contributed by atoms with Gasteiger partial charge >= 0.3 is 5.97 Å². The highest BCUT2D eigenvalue weighted by atomic mass is 16.6. The van der Waals surface area contributed by atoms with Crippen LogP contribution in [0.2, 0.25) is 0 Å². The largest absolute Gasteiger partial charge is 0.456 e. The average molecular weight is 364 g/mol. The van der Waals surface area contributed by atoms with Gasteiger partial charge in [-0.1, -0.05) is 18.2 Å². The maximum Gasteiger partial charge on any atom is 0.336 e. The lowest BCUT2D eigenvalue weighted by molar-refractivity contribution is -0.152. The summed E-state index contributed by atoms with van der Waals surface area (Å²) in [6.07, 6.45) is -2.79. The molecule has 0 aliphatic carbocycles. The molecular formula is C19H24O7. The van der Waals surface area contributed by atoms with Gasteiger partial charge in [0.15, 0.2) is 11.6 Å². The van der Waals surface area contributed by atoms with Crippen LogP contribution in [0, 0.1) is 5.92 Å². The molecule has 0 radical (unpaired) electrons. The molecule has 2 fully saturated rings. The van der Waals surface area contributed by atoms with E-state index in [1.54, 1.807) is 19.9 Å². The number of ether oxygens (including phenoxy) is 2. The zero-order valence-electron chi connectivity index (χ0n) is 14.9. The zero-order valence-corrected chi connectivity index (χ0v) is 14.9. The van der Waals surface area contributed by atoms with Gasteiger partial charge in [-0.3, -0.25) is 9.59 Å². The second-order valence-corrected chi connectivity index (χ2v) is 7.78. The molecule has 4 bridgehead atoms. The molecule has 26 heavy (non-hydrogen) atoms. The van der Waals surface area contributed by atoms with Crippen LogP contribution in [0.25, 0.3) is 0 Å². The van der Waals surface area contributed by atoms with Gasteiger partial charge in [0.25, 0.3) is 0 Å². The van der Waals surface area contributed by atoms with E-state index in [0.29, 0.717) is 12.0 Å². The van der Waals surface area contributed by atoms with E-state index in [1.165, 1.54) is 0 Å². The van der Waals surface area contributed by atoms with Crippen LogP contribution in [0.15, 0.2) is 23.8 Å². The first-order chi connectivity index (χ1) is 12.1. The van der Waals surface area contributed by atoms with Crippen LogP contribution < -0.4 is 0 Å². The fraction of sp³-hybridized carbons (Fsp3) is 0.632. The molecule has 0 saturated carbocycles. The highest BCUT2D eigenvalue weighted by Gasteiger charge is 2.51. The summed E-state index contributed by atoms with van der Waals surface area (Å²) in [7, 11) is 0. The third kappa shape index (κ3) is 3.39. The average Bonchev–Trinajstić information content (AvgIpc) is 2.98. The fourth-order valence-corrected chi connectivity index (χ4v) is 3.88. The van der Waals surface area contributed by atoms with Crippen molar-refractivity contribution >= 4 is 17.5 Å². The van der Waals surface area contributed by atoms with Crippen molar-refractivity contribution in [2.24, 2.45) is 5.92 Å². The maximum absolute atomic E-state index is 12.5. The predicted octanol–water partition coefficient (Wildman–Crippen LogP) is 0.622. The lowest BCUT2D eigenvalue weighted by atomic mass is 9.86. The molecule has 0 spiro atoms. The van der Waals surface area contributed by atoms with Crippen molar-refractivity contribution in [3.63, 3.8) is 0 Å². The summed E-state index contributed by atoms with van der Waals surface area (Å²) in [5, 5.41) is 20.8. The molecule has 3 heterocycles. The van der Waals surface area contributed by atoms with E-state index in [4.69, 9.17) is 9.47 Å². The monoisotopic (exact) mass is 364 g/mol. The van der Waals surface area contributed by atoms with Crippen molar-refractivity contribution in [1.29, 1.82) is 0 Å². The standard InChI is InChI=1S/C19H24O7/c1-9(2)10-4-5-11-15(22)14(25-18(11)24)8-19(3)7-13(21)17(26-19)16(23)12(20)6-10/h5,10,14-17,22-23H,1,4,6-8H2,2-3H3/b11-5-/t10-,14+,15-,16-,17-,19+/m1/s1. The summed E-state index contributed by atoms with van der Waals surface area (Å²) in [5.74, 6) is -1.79. The van der Waals surface area contributed by atoms with E-state index < -0.39 is 41.8 Å². The minimum absolute atomic E-state index is 0.0221. The van der Waals surface area contributed by atoms with E-state index in [2.05, 4.69) is 6.58 Å². The summed E-state index contributed by atoms with van der Waals surface area (Å²) < 4.78 is 11.0. The molecule has 142 valence electrons. The van der Waals surface area contributed by atoms with Crippen molar-refractivity contribution in [1.82, 2.24) is 0 Å². The topological polar surface area (TPSA) is 110 Å². The molecule has 2 N–H and O–H groups in total. The Hall–Kier alpha value is -1.83. The smallest absolute Gasteiger partial charge is 0.336 e. The number of hydrogen-bond acceptors (Lipinski definition) is 7. The van der Waals surface area contributed by atoms with Crippen LogP contribution in [-0.2, 0) is 23.9 Å². The van der Waals surface area contributed by atoms with E-state index in [1.807, 2.05) is 0 Å². The summed E-state index contributed by atoms with van der Waals surface area (Å²) >= 11 is 0. The number of hydrogen-bond donors (Lipinski definition) is 2. The Kier molecular flexibility index (Phi) is 4.90. The van der Waals surface area contributed by atoms with Crippen molar-refractivity contribution in [3.05, 3.63) is 23.8 Å². The van der Waals surface area contributed by atoms with Crippen LogP contribution in [0.1, 0.15) is 39.5 Å². The Balaban J connectivity index is 1.98. The first-order valence-corrected chi connectivity index (χ1v) is 8.77. The van der Waals surface area contributed by atoms with Crippen LogP contribution in [0.5, 0.6) is 0 Å². The predicted molar refractivity (Wildman–Crippen MR) is 90.0 cm³/mol. The van der Waals surface area contributed by atoms with E-state index in [-0.39, 0.29) is 36.5 Å². The van der Waals surface area contributed by atoms with Crippen molar-refractivity contribution in [3.8, 4) is 0 Å². The summed E-state index contributed by atoms with van der Waals surface area (Å²) in [6, 6.07) is 0. The van der Waals surface area contributed by atoms with Crippen molar-refractivity contribution < 1.29 is 34.1 Å². The van der Waals surface area contributed by atoms with Gasteiger partial charge in [-0.05, 0) is 26.2 Å². The summed E-state index contributed by atoms with van der Waals surface area (Å²) in [4.78, 5) is 36.9. The SMILES string of the molecule is C=C(C)[C@@H]1C/C=C2\C(=O)O[C@@H](C[C@]3(C)CC(=O)[C@@H](O3)[C@H](O)C(=O)C1)[C@@H]2O. The molecule has 0 aromatic rings. The molecule has 3 aliphatic rings. The molecule has 0 unspecified atom stereocenters. The number of ketones is 2. The number of rotatable bonds is 1. The molecule has 7 nitrogen and oxygen atoms in total. The Labute approximate surface area is 151 Å². The molecule has 2 saturated heterocycles. The normalized spacial score (nSPS) is 43.0. The van der Waals surface area contributed by atoms with Crippen LogP contribution in [0.3, 0.4) is 0 Å². The summed E-state index contributed by atoms with van der Waals surface area (Å²) in [5.41, 5.74) is -0.164. The number of Topliss-reactive ketones (excluding diaryl/α,β-unsaturated/α-hetero) is 2. The number of fused-ring (bicyclic) bond motifs is 4. The minimum Gasteiger partial charge on any atom is -0.456 e. The maximum atomic E-state index is 12.5. The molecule has 0 aromatic carbocycles. The lowest BCUT2D eigenvalue weighted by Gasteiger charge is -2.28. The van der Waals surface area contributed by atoms with Gasteiger partial charge in [-0.2, -0.15) is 0 Å². The lowest BCUT2D eigenvalue weighted by Crippen LogP contribution is -2.41. The molecule has 0 amide bonds. The van der Waals surface area contributed by atoms with Crippen LogP contribution in [0.4, 0.5) is 0 Å². The van der Waals surface area contributed by atoms with Gasteiger partial charge < -0.3 is 19.7 Å². The number of aliphatic hydroxyl groups is 2. The van der Waals surface area contributed by atoms with Gasteiger partial charge in [0.2, 0.25) is 0 Å². The van der Waals surface area contributed by atoms with Gasteiger partial charge in [0.05, 0.1) is 11.2 Å². The zero-order chi connectivity index (χ0) is 19.2. The van der Waals surface area contributed by atoms with Crippen molar-refractivity contribution in [2.75, 3.05) is 0 Å². The van der Waals surface area contributed by atoms with Gasteiger partial charge in [0.1, 0.15) is 24.4 Å². The molecular weight excluding hydrogens is 340 g/mol. The molecule has 6 atom stereocenters. The Morgan fingerprint density at radius 1 is 1.23 bits per heavy atom. The minimum atomic E-state index is -1.54. The third-order valence-corrected chi connectivity index (χ3v) is 5.46. The highest BCUT2D eigenvalue weighted by Crippen LogP contribution is 2.38. The number of carbonyl (C=O) groups is 3. The van der Waals surface area contributed by atoms with E-state index in [9.17, 15) is 24.6 Å². The van der Waals surface area contributed by atoms with Crippen LogP contribution >= 0.6 is 0 Å². The summed E-state index contributed by atoms with van der Waals surface area (Å²) in [6.45, 7) is 7.26. The fourth-order valence-electron chi connectivity index (χ4n) is 3.88. The first kappa shape index (κ1) is 18.9. The van der Waals surface area contributed by atoms with E-state index in [0.717, 1.165) is 0 Å². The molecule has 7 heteroatoms. The quantitative estimate of drug-likeness (QED) is 0.518. The Morgan fingerprint density at radius 2 is 1.92 bits per heavy atom. The second-order valence-electron chi connectivity index (χ2n) is 7.78. The number of allylic oxidation sites excluding steroid dienone is 2. The third-order valence-electron chi connectivity index (χ3n) is 5.46. The molecule has 3 rings (SSSR count). The van der Waals surface area contributed by atoms with Crippen LogP contribution in [-0.4, -0.2) is 57.8 Å². The highest BCUT2D eigenvalue weighted by molar-refractivity contribution is 5.95. The molecule has 3 aliphatic heterocycles. The second kappa shape index (κ2) is 6.72. The number of aliphatic hydroxyl groups excluding tert-OH is 2. The van der Waals surface area contributed by atoms with E-state index >= 15 is 0 Å². The van der Waals surface area contributed by atoms with Gasteiger partial charge in [-0.15, -0.1) is 0 Å². The Bertz CT molecular complexity index is 694. The first-order valence-electron chi connectivity index (χ1n) is 8.77. The number of esters is 1.